The summed E-state index contributed by atoms with van der Waals surface area (Å²) in [6.07, 6.45) is 0.403. The molecule has 0 saturated carbocycles. The Balaban J connectivity index is 2.30. The molecule has 0 bridgehead atoms. The fourth-order valence-corrected chi connectivity index (χ4v) is 1.28. The highest BCUT2D eigenvalue weighted by atomic mass is 32.1. The third-order valence-electron chi connectivity index (χ3n) is 1.33. The lowest BCUT2D eigenvalue weighted by molar-refractivity contribution is -0.141. The van der Waals surface area contributed by atoms with Gasteiger partial charge in [0.1, 0.15) is 0 Å². The third kappa shape index (κ3) is 3.77. The van der Waals surface area contributed by atoms with Gasteiger partial charge in [0.2, 0.25) is 0 Å². The molecule has 0 spiro atoms. The van der Waals surface area contributed by atoms with Gasteiger partial charge in [-0.15, -0.1) is 11.3 Å². The maximum Gasteiger partial charge on any atom is 0.306 e. The van der Waals surface area contributed by atoms with Crippen LogP contribution in [0, 0.1) is 11.8 Å². The van der Waals surface area contributed by atoms with E-state index in [9.17, 15) is 4.79 Å². The molecule has 0 atom stereocenters. The summed E-state index contributed by atoms with van der Waals surface area (Å²) in [5.41, 5.74) is 0. The van der Waals surface area contributed by atoms with Crippen molar-refractivity contribution in [2.45, 2.75) is 13.3 Å². The van der Waals surface area contributed by atoms with Crippen molar-refractivity contribution in [2.75, 3.05) is 6.61 Å². The Morgan fingerprint density at radius 3 is 3.15 bits per heavy atom. The van der Waals surface area contributed by atoms with Crippen LogP contribution in [0.3, 0.4) is 0 Å². The van der Waals surface area contributed by atoms with E-state index < -0.39 is 0 Å². The highest BCUT2D eigenvalue weighted by Crippen LogP contribution is 2.05. The Labute approximate surface area is 81.5 Å². The predicted octanol–water partition coefficient (Wildman–Crippen LogP) is 2.05. The van der Waals surface area contributed by atoms with Gasteiger partial charge in [0.15, 0.2) is 6.61 Å². The maximum absolute atomic E-state index is 10.7. The summed E-state index contributed by atoms with van der Waals surface area (Å²) in [7, 11) is 0. The molecule has 0 unspecified atom stereocenters. The first-order valence-electron chi connectivity index (χ1n) is 4.01. The quantitative estimate of drug-likeness (QED) is 0.532. The van der Waals surface area contributed by atoms with Gasteiger partial charge >= 0.3 is 5.97 Å². The van der Waals surface area contributed by atoms with Gasteiger partial charge in [-0.25, -0.2) is 0 Å². The largest absolute Gasteiger partial charge is 0.452 e. The Morgan fingerprint density at radius 2 is 2.54 bits per heavy atom. The highest BCUT2D eigenvalue weighted by Gasteiger charge is 1.93. The van der Waals surface area contributed by atoms with Gasteiger partial charge in [-0.05, 0) is 11.4 Å². The summed E-state index contributed by atoms with van der Waals surface area (Å²) in [4.78, 5) is 11.7. The van der Waals surface area contributed by atoms with Crippen LogP contribution in [0.4, 0.5) is 0 Å². The number of rotatable bonds is 2. The van der Waals surface area contributed by atoms with Crippen LogP contribution in [0.1, 0.15) is 18.2 Å². The molecule has 0 fully saturated rings. The average Bonchev–Trinajstić information content (AvgIpc) is 2.64. The molecule has 1 heterocycles. The number of hydrogen-bond acceptors (Lipinski definition) is 3. The molecular formula is C10H10O2S. The number of ether oxygens (including phenoxy) is 1. The second-order valence-electron chi connectivity index (χ2n) is 2.29. The van der Waals surface area contributed by atoms with Gasteiger partial charge in [0.25, 0.3) is 0 Å². The topological polar surface area (TPSA) is 26.3 Å². The minimum absolute atomic E-state index is 0.185. The smallest absolute Gasteiger partial charge is 0.306 e. The molecule has 0 N–H and O–H groups in total. The first-order chi connectivity index (χ1) is 6.33. The Morgan fingerprint density at radius 1 is 1.69 bits per heavy atom. The van der Waals surface area contributed by atoms with E-state index in [1.54, 1.807) is 18.3 Å². The van der Waals surface area contributed by atoms with E-state index in [2.05, 4.69) is 11.8 Å². The molecule has 0 saturated heterocycles. The van der Waals surface area contributed by atoms with E-state index in [1.165, 1.54) is 0 Å². The summed E-state index contributed by atoms with van der Waals surface area (Å²) >= 11 is 1.57. The standard InChI is InChI=1S/C10H10O2S/c1-2-10(11)12-7-3-5-9-6-4-8-13-9/h4,6,8H,2,7H2,1H3. The van der Waals surface area contributed by atoms with E-state index in [-0.39, 0.29) is 12.6 Å². The molecule has 3 heteroatoms. The zero-order valence-electron chi connectivity index (χ0n) is 7.37. The van der Waals surface area contributed by atoms with E-state index in [0.29, 0.717) is 6.42 Å². The minimum Gasteiger partial charge on any atom is -0.452 e. The van der Waals surface area contributed by atoms with Crippen molar-refractivity contribution in [3.63, 3.8) is 0 Å². The fraction of sp³-hybridized carbons (Fsp3) is 0.300. The molecule has 0 aliphatic rings. The van der Waals surface area contributed by atoms with Crippen molar-refractivity contribution in [1.29, 1.82) is 0 Å². The van der Waals surface area contributed by atoms with Crippen LogP contribution in [-0.2, 0) is 9.53 Å². The molecule has 0 aromatic carbocycles. The molecule has 0 aliphatic carbocycles. The second-order valence-corrected chi connectivity index (χ2v) is 3.24. The zero-order chi connectivity index (χ0) is 9.52. The van der Waals surface area contributed by atoms with Gasteiger partial charge in [0, 0.05) is 6.42 Å². The van der Waals surface area contributed by atoms with Crippen LogP contribution in [0.5, 0.6) is 0 Å². The summed E-state index contributed by atoms with van der Waals surface area (Å²) in [5, 5.41) is 1.96. The first kappa shape index (κ1) is 9.82. The van der Waals surface area contributed by atoms with Gasteiger partial charge in [-0.3, -0.25) is 4.79 Å². The van der Waals surface area contributed by atoms with Crippen LogP contribution >= 0.6 is 11.3 Å². The van der Waals surface area contributed by atoms with Gasteiger partial charge < -0.3 is 4.74 Å². The number of carbonyl (C=O) groups is 1. The third-order valence-corrected chi connectivity index (χ3v) is 2.11. The van der Waals surface area contributed by atoms with Gasteiger partial charge in [0.05, 0.1) is 4.88 Å². The molecule has 0 aliphatic heterocycles. The van der Waals surface area contributed by atoms with Crippen molar-refractivity contribution in [2.24, 2.45) is 0 Å². The van der Waals surface area contributed by atoms with Crippen LogP contribution in [-0.4, -0.2) is 12.6 Å². The van der Waals surface area contributed by atoms with Crippen molar-refractivity contribution in [3.8, 4) is 11.8 Å². The monoisotopic (exact) mass is 194 g/mol. The molecule has 13 heavy (non-hydrogen) atoms. The van der Waals surface area contributed by atoms with Crippen molar-refractivity contribution >= 4 is 17.3 Å². The lowest BCUT2D eigenvalue weighted by Gasteiger charge is -1.94. The minimum atomic E-state index is -0.208. The van der Waals surface area contributed by atoms with E-state index in [0.717, 1.165) is 4.88 Å². The second kappa shape index (κ2) is 5.39. The first-order valence-corrected chi connectivity index (χ1v) is 4.89. The fourth-order valence-electron chi connectivity index (χ4n) is 0.692. The van der Waals surface area contributed by atoms with E-state index in [4.69, 9.17) is 4.74 Å². The molecule has 1 rings (SSSR count). The van der Waals surface area contributed by atoms with Crippen molar-refractivity contribution in [3.05, 3.63) is 22.4 Å². The Bertz CT molecular complexity index is 316. The molecule has 0 amide bonds. The lowest BCUT2D eigenvalue weighted by atomic mass is 10.4. The molecule has 2 nitrogen and oxygen atoms in total. The molecule has 0 radical (unpaired) electrons. The summed E-state index contributed by atoms with van der Waals surface area (Å²) in [6.45, 7) is 1.94. The highest BCUT2D eigenvalue weighted by molar-refractivity contribution is 7.10. The Kier molecular flexibility index (Phi) is 4.07. The number of esters is 1. The molecular weight excluding hydrogens is 184 g/mol. The molecule has 1 aromatic heterocycles. The lowest BCUT2D eigenvalue weighted by Crippen LogP contribution is -2.01. The van der Waals surface area contributed by atoms with Crippen LogP contribution in [0.15, 0.2) is 17.5 Å². The van der Waals surface area contributed by atoms with Gasteiger partial charge in [-0.1, -0.05) is 24.8 Å². The maximum atomic E-state index is 10.7. The van der Waals surface area contributed by atoms with Crippen LogP contribution in [0.2, 0.25) is 0 Å². The van der Waals surface area contributed by atoms with E-state index in [1.807, 2.05) is 17.5 Å². The number of thiophene rings is 1. The average molecular weight is 194 g/mol. The molecule has 68 valence electrons. The SMILES string of the molecule is CCC(=O)OCC#Cc1cccs1. The number of carbonyl (C=O) groups excluding carboxylic acids is 1. The molecule has 1 aromatic rings. The summed E-state index contributed by atoms with van der Waals surface area (Å²) in [6, 6.07) is 3.87. The summed E-state index contributed by atoms with van der Waals surface area (Å²) < 4.78 is 4.78. The summed E-state index contributed by atoms with van der Waals surface area (Å²) in [5.74, 6) is 5.46. The Hall–Kier alpha value is -1.27. The van der Waals surface area contributed by atoms with Crippen molar-refractivity contribution in [1.82, 2.24) is 0 Å². The predicted molar refractivity (Wildman–Crippen MR) is 52.4 cm³/mol. The number of hydrogen-bond donors (Lipinski definition) is 0. The van der Waals surface area contributed by atoms with Crippen LogP contribution in [0.25, 0.3) is 0 Å². The van der Waals surface area contributed by atoms with Gasteiger partial charge in [-0.2, -0.15) is 0 Å². The van der Waals surface area contributed by atoms with Crippen LogP contribution < -0.4 is 0 Å². The van der Waals surface area contributed by atoms with Crippen molar-refractivity contribution < 1.29 is 9.53 Å². The zero-order valence-corrected chi connectivity index (χ0v) is 8.19. The normalized spacial score (nSPS) is 8.69. The van der Waals surface area contributed by atoms with E-state index >= 15 is 0 Å².